The molecule has 0 aliphatic carbocycles. The summed E-state index contributed by atoms with van der Waals surface area (Å²) >= 11 is 0. The summed E-state index contributed by atoms with van der Waals surface area (Å²) in [5.74, 6) is -0.707. The van der Waals surface area contributed by atoms with Crippen molar-refractivity contribution in [2.75, 3.05) is 21.1 Å². The molecule has 6 nitrogen and oxygen atoms in total. The maximum Gasteiger partial charge on any atom is 0.246 e. The molecular formula is C18H22FN3O3S. The van der Waals surface area contributed by atoms with E-state index in [-0.39, 0.29) is 17.5 Å². The minimum Gasteiger partial charge on any atom is -0.374 e. The van der Waals surface area contributed by atoms with Crippen LogP contribution in [0.2, 0.25) is 0 Å². The van der Waals surface area contributed by atoms with Gasteiger partial charge in [-0.3, -0.25) is 9.52 Å². The standard InChI is InChI=1S/C18H22FN3O3S/c1-4-26(24,25)22-15-9-7-14(8-10-15)20-13(3)18(23)21-16-6-5-12(2)17(19)11-16/h5-11,13,20,22H,4H2,1-3H3,(H,21,23)/t13-/m0/s1. The summed E-state index contributed by atoms with van der Waals surface area (Å²) in [5, 5.41) is 5.66. The molecule has 0 aliphatic rings. The van der Waals surface area contributed by atoms with Crippen LogP contribution in [0.5, 0.6) is 0 Å². The van der Waals surface area contributed by atoms with Crippen LogP contribution in [0.25, 0.3) is 0 Å². The summed E-state index contributed by atoms with van der Waals surface area (Å²) < 4.78 is 39.1. The smallest absolute Gasteiger partial charge is 0.246 e. The number of amides is 1. The van der Waals surface area contributed by atoms with Crippen molar-refractivity contribution in [3.05, 3.63) is 53.8 Å². The maximum atomic E-state index is 13.5. The van der Waals surface area contributed by atoms with Crippen LogP contribution in [0.4, 0.5) is 21.5 Å². The molecule has 26 heavy (non-hydrogen) atoms. The highest BCUT2D eigenvalue weighted by atomic mass is 32.2. The Kier molecular flexibility index (Phi) is 6.20. The normalized spacial score (nSPS) is 12.3. The summed E-state index contributed by atoms with van der Waals surface area (Å²) in [7, 11) is -3.33. The van der Waals surface area contributed by atoms with Gasteiger partial charge in [-0.1, -0.05) is 6.07 Å². The summed E-state index contributed by atoms with van der Waals surface area (Å²) in [6.07, 6.45) is 0. The highest BCUT2D eigenvalue weighted by molar-refractivity contribution is 7.92. The third kappa shape index (κ3) is 5.45. The minimum atomic E-state index is -3.33. The molecule has 0 radical (unpaired) electrons. The Hall–Kier alpha value is -2.61. The summed E-state index contributed by atoms with van der Waals surface area (Å²) in [5.41, 5.74) is 2.00. The van der Waals surface area contributed by atoms with Gasteiger partial charge in [-0.2, -0.15) is 0 Å². The fourth-order valence-corrected chi connectivity index (χ4v) is 2.76. The molecule has 0 spiro atoms. The Morgan fingerprint density at radius 1 is 1.08 bits per heavy atom. The van der Waals surface area contributed by atoms with Crippen molar-refractivity contribution in [2.45, 2.75) is 26.8 Å². The average molecular weight is 379 g/mol. The molecule has 8 heteroatoms. The molecule has 0 heterocycles. The van der Waals surface area contributed by atoms with Crippen molar-refractivity contribution in [1.29, 1.82) is 0 Å². The first-order valence-corrected chi connectivity index (χ1v) is 9.79. The minimum absolute atomic E-state index is 0.0101. The number of hydrogen-bond donors (Lipinski definition) is 3. The Bertz CT molecular complexity index is 883. The van der Waals surface area contributed by atoms with Crippen LogP contribution in [-0.2, 0) is 14.8 Å². The quantitative estimate of drug-likeness (QED) is 0.689. The number of hydrogen-bond acceptors (Lipinski definition) is 4. The van der Waals surface area contributed by atoms with Crippen molar-refractivity contribution in [3.8, 4) is 0 Å². The molecule has 0 fully saturated rings. The lowest BCUT2D eigenvalue weighted by atomic mass is 10.2. The highest BCUT2D eigenvalue weighted by Crippen LogP contribution is 2.17. The van der Waals surface area contributed by atoms with E-state index < -0.39 is 16.1 Å². The summed E-state index contributed by atoms with van der Waals surface area (Å²) in [4.78, 5) is 12.2. The van der Waals surface area contributed by atoms with Crippen LogP contribution in [-0.4, -0.2) is 26.1 Å². The van der Waals surface area contributed by atoms with Crippen LogP contribution < -0.4 is 15.4 Å². The monoisotopic (exact) mass is 379 g/mol. The lowest BCUT2D eigenvalue weighted by Crippen LogP contribution is -2.31. The van der Waals surface area contributed by atoms with E-state index in [1.165, 1.54) is 6.07 Å². The van der Waals surface area contributed by atoms with E-state index in [0.717, 1.165) is 0 Å². The van der Waals surface area contributed by atoms with Crippen molar-refractivity contribution in [2.24, 2.45) is 0 Å². The first kappa shape index (κ1) is 19.7. The highest BCUT2D eigenvalue weighted by Gasteiger charge is 2.14. The zero-order valence-corrected chi connectivity index (χ0v) is 15.7. The van der Waals surface area contributed by atoms with E-state index in [1.807, 2.05) is 0 Å². The van der Waals surface area contributed by atoms with Gasteiger partial charge in [-0.15, -0.1) is 0 Å². The average Bonchev–Trinajstić information content (AvgIpc) is 2.59. The fraction of sp³-hybridized carbons (Fsp3) is 0.278. The number of anilines is 3. The number of rotatable bonds is 7. The maximum absolute atomic E-state index is 13.5. The molecule has 2 rings (SSSR count). The molecule has 0 unspecified atom stereocenters. The van der Waals surface area contributed by atoms with Gasteiger partial charge in [0.15, 0.2) is 0 Å². The van der Waals surface area contributed by atoms with Crippen LogP contribution in [0.3, 0.4) is 0 Å². The van der Waals surface area contributed by atoms with Crippen LogP contribution in [0.1, 0.15) is 19.4 Å². The van der Waals surface area contributed by atoms with E-state index in [9.17, 15) is 17.6 Å². The van der Waals surface area contributed by atoms with Gasteiger partial charge in [-0.05, 0) is 62.7 Å². The molecule has 0 saturated carbocycles. The molecule has 0 bridgehead atoms. The second-order valence-corrected chi connectivity index (χ2v) is 7.91. The van der Waals surface area contributed by atoms with Crippen LogP contribution in [0, 0.1) is 12.7 Å². The number of nitrogens with one attached hydrogen (secondary N) is 3. The number of carbonyl (C=O) groups excluding carboxylic acids is 1. The molecule has 1 atom stereocenters. The molecule has 140 valence electrons. The number of carbonyl (C=O) groups is 1. The summed E-state index contributed by atoms with van der Waals surface area (Å²) in [6.45, 7) is 4.88. The molecule has 2 aromatic rings. The summed E-state index contributed by atoms with van der Waals surface area (Å²) in [6, 6.07) is 10.5. The van der Waals surface area contributed by atoms with Crippen molar-refractivity contribution >= 4 is 33.0 Å². The largest absolute Gasteiger partial charge is 0.374 e. The van der Waals surface area contributed by atoms with Crippen molar-refractivity contribution in [1.82, 2.24) is 0 Å². The van der Waals surface area contributed by atoms with Gasteiger partial charge in [0.25, 0.3) is 0 Å². The molecular weight excluding hydrogens is 357 g/mol. The number of benzene rings is 2. The molecule has 3 N–H and O–H groups in total. The first-order valence-electron chi connectivity index (χ1n) is 8.14. The molecule has 0 aromatic heterocycles. The Balaban J connectivity index is 1.96. The molecule has 0 saturated heterocycles. The third-order valence-electron chi connectivity index (χ3n) is 3.75. The third-order valence-corrected chi connectivity index (χ3v) is 5.06. The molecule has 0 aliphatic heterocycles. The predicted molar refractivity (Wildman–Crippen MR) is 102 cm³/mol. The zero-order chi connectivity index (χ0) is 19.3. The zero-order valence-electron chi connectivity index (χ0n) is 14.8. The fourth-order valence-electron chi connectivity index (χ4n) is 2.12. The van der Waals surface area contributed by atoms with E-state index in [1.54, 1.807) is 57.2 Å². The SMILES string of the molecule is CCS(=O)(=O)Nc1ccc(N[C@@H](C)C(=O)Nc2ccc(C)c(F)c2)cc1. The lowest BCUT2D eigenvalue weighted by molar-refractivity contribution is -0.116. The second-order valence-electron chi connectivity index (χ2n) is 5.90. The number of halogens is 1. The van der Waals surface area contributed by atoms with Gasteiger partial charge in [-0.25, -0.2) is 12.8 Å². The number of aryl methyl sites for hydroxylation is 1. The second kappa shape index (κ2) is 8.18. The number of sulfonamides is 1. The Morgan fingerprint density at radius 3 is 2.23 bits per heavy atom. The van der Waals surface area contributed by atoms with E-state index in [0.29, 0.717) is 22.6 Å². The van der Waals surface area contributed by atoms with Crippen molar-refractivity contribution < 1.29 is 17.6 Å². The van der Waals surface area contributed by atoms with Gasteiger partial charge in [0.05, 0.1) is 5.75 Å². The molecule has 1 amide bonds. The molecule has 2 aromatic carbocycles. The van der Waals surface area contributed by atoms with Crippen molar-refractivity contribution in [3.63, 3.8) is 0 Å². The Morgan fingerprint density at radius 2 is 1.65 bits per heavy atom. The topological polar surface area (TPSA) is 87.3 Å². The van der Waals surface area contributed by atoms with Crippen LogP contribution >= 0.6 is 0 Å². The van der Waals surface area contributed by atoms with Gasteiger partial charge in [0.2, 0.25) is 15.9 Å². The van der Waals surface area contributed by atoms with Gasteiger partial charge in [0, 0.05) is 17.1 Å². The van der Waals surface area contributed by atoms with Gasteiger partial charge >= 0.3 is 0 Å². The predicted octanol–water partition coefficient (Wildman–Crippen LogP) is 3.33. The van der Waals surface area contributed by atoms with Gasteiger partial charge in [0.1, 0.15) is 11.9 Å². The Labute approximate surface area is 152 Å². The van der Waals surface area contributed by atoms with Gasteiger partial charge < -0.3 is 10.6 Å². The first-order chi connectivity index (χ1) is 12.2. The van der Waals surface area contributed by atoms with E-state index in [4.69, 9.17) is 0 Å². The van der Waals surface area contributed by atoms with E-state index >= 15 is 0 Å². The van der Waals surface area contributed by atoms with Crippen LogP contribution in [0.15, 0.2) is 42.5 Å². The van der Waals surface area contributed by atoms with E-state index in [2.05, 4.69) is 15.4 Å². The lowest BCUT2D eigenvalue weighted by Gasteiger charge is -2.16.